The van der Waals surface area contributed by atoms with Crippen LogP contribution >= 0.6 is 0 Å². The highest BCUT2D eigenvalue weighted by Crippen LogP contribution is 1.87. The fraction of sp³-hybridized carbons (Fsp3) is 0.333. The summed E-state index contributed by atoms with van der Waals surface area (Å²) in [6.45, 7) is 1.66. The Labute approximate surface area is 54.3 Å². The van der Waals surface area contributed by atoms with Gasteiger partial charge in [0, 0.05) is 18.8 Å². The summed E-state index contributed by atoms with van der Waals surface area (Å²) in [5, 5.41) is 9.06. The number of rotatable bonds is 2. The lowest BCUT2D eigenvalue weighted by atomic mass is 10.3. The second-order valence-electron chi connectivity index (χ2n) is 1.60. The first kappa shape index (κ1) is 7.88. The molecule has 0 rings (SSSR count). The fourth-order valence-corrected chi connectivity index (χ4v) is 0.398. The van der Waals surface area contributed by atoms with Gasteiger partial charge in [0.2, 0.25) is 5.91 Å². The maximum absolute atomic E-state index is 10.6. The van der Waals surface area contributed by atoms with Crippen LogP contribution in [0.3, 0.4) is 0 Å². The molecule has 2 N–H and O–H groups in total. The molecule has 0 aromatic carbocycles. The molecule has 0 radical (unpaired) electrons. The van der Waals surface area contributed by atoms with Crippen LogP contribution < -0.4 is 5.32 Å². The fourth-order valence-electron chi connectivity index (χ4n) is 0.398. The van der Waals surface area contributed by atoms with Crippen molar-refractivity contribution in [3.8, 4) is 0 Å². The standard InChI is InChI=1S/C6H10N2O/c1-5(3-4-7)6(9)8-2/h3-4,7H,1-2H3,(H,8,9)/b5-3-,7-4?. The number of nitrogens with one attached hydrogen (secondary N) is 2. The number of hydrogen-bond acceptors (Lipinski definition) is 2. The van der Waals surface area contributed by atoms with Crippen LogP contribution in [-0.2, 0) is 4.79 Å². The van der Waals surface area contributed by atoms with Crippen molar-refractivity contribution >= 4 is 12.1 Å². The molecule has 0 aromatic rings. The molecule has 0 saturated carbocycles. The topological polar surface area (TPSA) is 53.0 Å². The quantitative estimate of drug-likeness (QED) is 0.406. The van der Waals surface area contributed by atoms with E-state index in [9.17, 15) is 4.79 Å². The molecular formula is C6H10N2O. The Morgan fingerprint density at radius 1 is 1.67 bits per heavy atom. The van der Waals surface area contributed by atoms with Gasteiger partial charge >= 0.3 is 0 Å². The average Bonchev–Trinajstić information content (AvgIpc) is 1.87. The van der Waals surface area contributed by atoms with Gasteiger partial charge < -0.3 is 10.7 Å². The van der Waals surface area contributed by atoms with E-state index < -0.39 is 0 Å². The summed E-state index contributed by atoms with van der Waals surface area (Å²) in [6, 6.07) is 0. The van der Waals surface area contributed by atoms with E-state index in [0.717, 1.165) is 6.21 Å². The number of allylic oxidation sites excluding steroid dienone is 1. The van der Waals surface area contributed by atoms with Crippen LogP contribution in [0.25, 0.3) is 0 Å². The summed E-state index contributed by atoms with van der Waals surface area (Å²) in [5.74, 6) is -0.140. The molecule has 3 nitrogen and oxygen atoms in total. The maximum atomic E-state index is 10.6. The first-order valence-corrected chi connectivity index (χ1v) is 2.61. The van der Waals surface area contributed by atoms with Gasteiger partial charge in [0.05, 0.1) is 0 Å². The highest BCUT2D eigenvalue weighted by molar-refractivity contribution is 5.96. The molecule has 0 bridgehead atoms. The Bertz CT molecular complexity index is 149. The minimum atomic E-state index is -0.140. The third-order valence-electron chi connectivity index (χ3n) is 0.919. The van der Waals surface area contributed by atoms with Gasteiger partial charge in [0.15, 0.2) is 0 Å². The van der Waals surface area contributed by atoms with Crippen LogP contribution in [0.2, 0.25) is 0 Å². The third-order valence-corrected chi connectivity index (χ3v) is 0.919. The van der Waals surface area contributed by atoms with Crippen molar-refractivity contribution in [2.45, 2.75) is 6.92 Å². The smallest absolute Gasteiger partial charge is 0.246 e. The first-order chi connectivity index (χ1) is 4.22. The molecule has 0 aliphatic heterocycles. The molecule has 0 fully saturated rings. The number of hydrogen-bond donors (Lipinski definition) is 2. The summed E-state index contributed by atoms with van der Waals surface area (Å²) in [6.07, 6.45) is 2.53. The zero-order valence-electron chi connectivity index (χ0n) is 5.56. The van der Waals surface area contributed by atoms with Crippen LogP contribution in [0.1, 0.15) is 6.92 Å². The Morgan fingerprint density at radius 2 is 2.22 bits per heavy atom. The van der Waals surface area contributed by atoms with Gasteiger partial charge in [0.1, 0.15) is 0 Å². The lowest BCUT2D eigenvalue weighted by molar-refractivity contribution is -0.116. The van der Waals surface area contributed by atoms with Crippen LogP contribution in [0.5, 0.6) is 0 Å². The molecule has 9 heavy (non-hydrogen) atoms. The van der Waals surface area contributed by atoms with E-state index in [1.165, 1.54) is 6.08 Å². The molecular weight excluding hydrogens is 116 g/mol. The zero-order chi connectivity index (χ0) is 7.28. The maximum Gasteiger partial charge on any atom is 0.246 e. The van der Waals surface area contributed by atoms with Gasteiger partial charge in [-0.15, -0.1) is 0 Å². The molecule has 3 heteroatoms. The van der Waals surface area contributed by atoms with Crippen LogP contribution in [0.4, 0.5) is 0 Å². The highest BCUT2D eigenvalue weighted by atomic mass is 16.1. The van der Waals surface area contributed by atoms with Crippen molar-refractivity contribution in [2.75, 3.05) is 7.05 Å². The van der Waals surface area contributed by atoms with Crippen molar-refractivity contribution < 1.29 is 4.79 Å². The Balaban J connectivity index is 4.01. The van der Waals surface area contributed by atoms with Crippen LogP contribution in [0.15, 0.2) is 11.6 Å². The minimum absolute atomic E-state index is 0.140. The average molecular weight is 126 g/mol. The molecule has 0 aliphatic rings. The molecule has 1 amide bonds. The van der Waals surface area contributed by atoms with E-state index in [2.05, 4.69) is 5.32 Å². The van der Waals surface area contributed by atoms with Crippen molar-refractivity contribution in [3.63, 3.8) is 0 Å². The van der Waals surface area contributed by atoms with Gasteiger partial charge in [-0.1, -0.05) is 0 Å². The molecule has 0 unspecified atom stereocenters. The van der Waals surface area contributed by atoms with Crippen molar-refractivity contribution in [1.29, 1.82) is 5.41 Å². The minimum Gasteiger partial charge on any atom is -0.355 e. The van der Waals surface area contributed by atoms with E-state index in [4.69, 9.17) is 5.41 Å². The number of carbonyl (C=O) groups is 1. The lowest BCUT2D eigenvalue weighted by Crippen LogP contribution is -2.18. The molecule has 50 valence electrons. The molecule has 0 aliphatic carbocycles. The zero-order valence-corrected chi connectivity index (χ0v) is 5.56. The van der Waals surface area contributed by atoms with Gasteiger partial charge in [-0.25, -0.2) is 0 Å². The van der Waals surface area contributed by atoms with E-state index in [1.807, 2.05) is 0 Å². The van der Waals surface area contributed by atoms with Crippen molar-refractivity contribution in [1.82, 2.24) is 5.32 Å². The predicted molar refractivity (Wildman–Crippen MR) is 36.6 cm³/mol. The summed E-state index contributed by atoms with van der Waals surface area (Å²) in [5.41, 5.74) is 0.549. The Hall–Kier alpha value is -1.12. The number of likely N-dealkylation sites (N-methyl/N-ethyl adjacent to an activating group) is 1. The summed E-state index contributed by atoms with van der Waals surface area (Å²) < 4.78 is 0. The highest BCUT2D eigenvalue weighted by Gasteiger charge is 1.96. The third kappa shape index (κ3) is 2.64. The van der Waals surface area contributed by atoms with Gasteiger partial charge in [-0.05, 0) is 13.0 Å². The Morgan fingerprint density at radius 3 is 2.56 bits per heavy atom. The molecule has 0 saturated heterocycles. The second-order valence-corrected chi connectivity index (χ2v) is 1.60. The molecule has 0 aromatic heterocycles. The van der Waals surface area contributed by atoms with E-state index in [0.29, 0.717) is 5.57 Å². The van der Waals surface area contributed by atoms with E-state index in [1.54, 1.807) is 14.0 Å². The van der Waals surface area contributed by atoms with E-state index >= 15 is 0 Å². The number of carbonyl (C=O) groups excluding carboxylic acids is 1. The normalized spacial score (nSPS) is 10.7. The molecule has 0 heterocycles. The predicted octanol–water partition coefficient (Wildman–Crippen LogP) is 0.328. The second kappa shape index (κ2) is 3.83. The van der Waals surface area contributed by atoms with Crippen LogP contribution in [0, 0.1) is 5.41 Å². The van der Waals surface area contributed by atoms with Gasteiger partial charge in [-0.3, -0.25) is 4.79 Å². The molecule has 0 atom stereocenters. The van der Waals surface area contributed by atoms with E-state index in [-0.39, 0.29) is 5.91 Å². The first-order valence-electron chi connectivity index (χ1n) is 2.61. The van der Waals surface area contributed by atoms with Crippen LogP contribution in [-0.4, -0.2) is 19.2 Å². The summed E-state index contributed by atoms with van der Waals surface area (Å²) in [7, 11) is 1.56. The van der Waals surface area contributed by atoms with Crippen molar-refractivity contribution in [3.05, 3.63) is 11.6 Å². The van der Waals surface area contributed by atoms with Crippen molar-refractivity contribution in [2.24, 2.45) is 0 Å². The monoisotopic (exact) mass is 126 g/mol. The lowest BCUT2D eigenvalue weighted by Gasteiger charge is -1.94. The Kier molecular flexibility index (Phi) is 3.35. The number of amides is 1. The summed E-state index contributed by atoms with van der Waals surface area (Å²) in [4.78, 5) is 10.6. The van der Waals surface area contributed by atoms with Gasteiger partial charge in [-0.2, -0.15) is 0 Å². The largest absolute Gasteiger partial charge is 0.355 e. The van der Waals surface area contributed by atoms with Gasteiger partial charge in [0.25, 0.3) is 0 Å². The molecule has 0 spiro atoms. The SMILES string of the molecule is CNC(=O)/C(C)=C\C=N. The summed E-state index contributed by atoms with van der Waals surface area (Å²) >= 11 is 0.